The van der Waals surface area contributed by atoms with Gasteiger partial charge in [-0.05, 0) is 11.6 Å². The van der Waals surface area contributed by atoms with Gasteiger partial charge in [-0.1, -0.05) is 48.6 Å². The molecule has 0 saturated heterocycles. The topological polar surface area (TPSA) is 63.3 Å². The summed E-state index contributed by atoms with van der Waals surface area (Å²) in [4.78, 5) is 10.5. The van der Waals surface area contributed by atoms with E-state index in [1.807, 2.05) is 36.4 Å². The molecule has 1 amide bonds. The van der Waals surface area contributed by atoms with Gasteiger partial charge in [0.25, 0.3) is 0 Å². The van der Waals surface area contributed by atoms with Crippen LogP contribution in [0, 0.1) is 0 Å². The molecule has 0 radical (unpaired) electrons. The van der Waals surface area contributed by atoms with Crippen LogP contribution in [-0.2, 0) is 4.79 Å². The Morgan fingerprint density at radius 2 is 1.93 bits per heavy atom. The quantitative estimate of drug-likeness (QED) is 0.720. The third-order valence-corrected chi connectivity index (χ3v) is 1.78. The number of amides is 1. The van der Waals surface area contributed by atoms with Gasteiger partial charge in [0, 0.05) is 0 Å². The SMILES string of the molecule is NC(=O)C(O)C=CC=Cc1ccccc1. The number of aliphatic hydroxyl groups excluding tert-OH is 1. The van der Waals surface area contributed by atoms with Crippen LogP contribution in [0.3, 0.4) is 0 Å². The van der Waals surface area contributed by atoms with E-state index in [0.29, 0.717) is 0 Å². The van der Waals surface area contributed by atoms with E-state index in [1.165, 1.54) is 6.08 Å². The van der Waals surface area contributed by atoms with Crippen molar-refractivity contribution in [2.24, 2.45) is 5.73 Å². The van der Waals surface area contributed by atoms with Crippen molar-refractivity contribution in [2.45, 2.75) is 6.10 Å². The maximum atomic E-state index is 10.5. The van der Waals surface area contributed by atoms with Crippen LogP contribution in [0.5, 0.6) is 0 Å². The van der Waals surface area contributed by atoms with Crippen molar-refractivity contribution in [3.8, 4) is 0 Å². The lowest BCUT2D eigenvalue weighted by Crippen LogP contribution is -2.25. The maximum absolute atomic E-state index is 10.5. The normalized spacial score (nSPS) is 13.4. The summed E-state index contributed by atoms with van der Waals surface area (Å²) in [6, 6.07) is 9.71. The molecule has 0 aliphatic heterocycles. The van der Waals surface area contributed by atoms with E-state index < -0.39 is 12.0 Å². The molecule has 0 aromatic heterocycles. The van der Waals surface area contributed by atoms with Gasteiger partial charge in [-0.2, -0.15) is 0 Å². The van der Waals surface area contributed by atoms with E-state index in [9.17, 15) is 4.79 Å². The van der Waals surface area contributed by atoms with Gasteiger partial charge in [0.05, 0.1) is 0 Å². The predicted octanol–water partition coefficient (Wildman–Crippen LogP) is 1.10. The highest BCUT2D eigenvalue weighted by atomic mass is 16.3. The third kappa shape index (κ3) is 4.24. The van der Waals surface area contributed by atoms with Gasteiger partial charge in [0.1, 0.15) is 0 Å². The molecule has 78 valence electrons. The van der Waals surface area contributed by atoms with E-state index in [2.05, 4.69) is 0 Å². The molecule has 0 aliphatic carbocycles. The third-order valence-electron chi connectivity index (χ3n) is 1.78. The van der Waals surface area contributed by atoms with Crippen LogP contribution >= 0.6 is 0 Å². The van der Waals surface area contributed by atoms with E-state index in [0.717, 1.165) is 5.56 Å². The first-order chi connectivity index (χ1) is 7.20. The van der Waals surface area contributed by atoms with Crippen molar-refractivity contribution >= 4 is 12.0 Å². The summed E-state index contributed by atoms with van der Waals surface area (Å²) in [6.07, 6.45) is 5.31. The molecule has 0 heterocycles. The standard InChI is InChI=1S/C12H13NO2/c13-12(15)11(14)9-5-4-8-10-6-2-1-3-7-10/h1-9,11,14H,(H2,13,15). The molecule has 15 heavy (non-hydrogen) atoms. The van der Waals surface area contributed by atoms with Gasteiger partial charge >= 0.3 is 0 Å². The average Bonchev–Trinajstić information content (AvgIpc) is 2.25. The zero-order chi connectivity index (χ0) is 11.1. The second-order valence-electron chi connectivity index (χ2n) is 3.00. The molecule has 1 unspecified atom stereocenters. The molecule has 3 nitrogen and oxygen atoms in total. The maximum Gasteiger partial charge on any atom is 0.250 e. The van der Waals surface area contributed by atoms with Gasteiger partial charge in [0.15, 0.2) is 6.10 Å². The minimum Gasteiger partial charge on any atom is -0.379 e. The molecular formula is C12H13NO2. The molecule has 0 saturated carbocycles. The molecule has 3 heteroatoms. The number of hydrogen-bond donors (Lipinski definition) is 2. The molecule has 0 aliphatic rings. The summed E-state index contributed by atoms with van der Waals surface area (Å²) in [5.74, 6) is -0.751. The number of allylic oxidation sites excluding steroid dienone is 2. The van der Waals surface area contributed by atoms with Crippen LogP contribution in [0.4, 0.5) is 0 Å². The highest BCUT2D eigenvalue weighted by molar-refractivity contribution is 5.80. The van der Waals surface area contributed by atoms with Crippen LogP contribution < -0.4 is 5.73 Å². The monoisotopic (exact) mass is 203 g/mol. The molecule has 1 aromatic rings. The summed E-state index contributed by atoms with van der Waals surface area (Å²) in [7, 11) is 0. The molecular weight excluding hydrogens is 190 g/mol. The number of primary amides is 1. The lowest BCUT2D eigenvalue weighted by Gasteiger charge is -1.95. The Hall–Kier alpha value is -1.87. The summed E-state index contributed by atoms with van der Waals surface area (Å²) in [5, 5.41) is 9.03. The van der Waals surface area contributed by atoms with E-state index in [4.69, 9.17) is 10.8 Å². The van der Waals surface area contributed by atoms with Gasteiger partial charge in [-0.15, -0.1) is 0 Å². The van der Waals surface area contributed by atoms with Crippen LogP contribution in [-0.4, -0.2) is 17.1 Å². The Bertz CT molecular complexity index is 368. The Kier molecular flexibility index (Phi) is 4.31. The smallest absolute Gasteiger partial charge is 0.250 e. The van der Waals surface area contributed by atoms with E-state index in [-0.39, 0.29) is 0 Å². The number of hydrogen-bond acceptors (Lipinski definition) is 2. The predicted molar refractivity (Wildman–Crippen MR) is 59.8 cm³/mol. The number of nitrogens with two attached hydrogens (primary N) is 1. The second kappa shape index (κ2) is 5.78. The number of carbonyl (C=O) groups excluding carboxylic acids is 1. The van der Waals surface area contributed by atoms with E-state index in [1.54, 1.807) is 12.2 Å². The molecule has 1 atom stereocenters. The van der Waals surface area contributed by atoms with Crippen molar-refractivity contribution < 1.29 is 9.90 Å². The van der Waals surface area contributed by atoms with Crippen LogP contribution in [0.1, 0.15) is 5.56 Å². The summed E-state index contributed by atoms with van der Waals surface area (Å²) in [5.41, 5.74) is 5.92. The summed E-state index contributed by atoms with van der Waals surface area (Å²) < 4.78 is 0. The summed E-state index contributed by atoms with van der Waals surface area (Å²) >= 11 is 0. The summed E-state index contributed by atoms with van der Waals surface area (Å²) in [6.45, 7) is 0. The fourth-order valence-electron chi connectivity index (χ4n) is 0.995. The van der Waals surface area contributed by atoms with Crippen LogP contribution in [0.25, 0.3) is 6.08 Å². The van der Waals surface area contributed by atoms with Crippen molar-refractivity contribution in [3.05, 3.63) is 54.1 Å². The molecule has 1 aromatic carbocycles. The fourth-order valence-corrected chi connectivity index (χ4v) is 0.995. The molecule has 3 N–H and O–H groups in total. The fraction of sp³-hybridized carbons (Fsp3) is 0.0833. The average molecular weight is 203 g/mol. The van der Waals surface area contributed by atoms with Crippen molar-refractivity contribution in [2.75, 3.05) is 0 Å². The Morgan fingerprint density at radius 1 is 1.27 bits per heavy atom. The lowest BCUT2D eigenvalue weighted by atomic mass is 10.2. The van der Waals surface area contributed by atoms with E-state index >= 15 is 0 Å². The second-order valence-corrected chi connectivity index (χ2v) is 3.00. The van der Waals surface area contributed by atoms with Crippen LogP contribution in [0.2, 0.25) is 0 Å². The first-order valence-corrected chi connectivity index (χ1v) is 4.57. The van der Waals surface area contributed by atoms with Crippen molar-refractivity contribution in [1.29, 1.82) is 0 Å². The number of aliphatic hydroxyl groups is 1. The van der Waals surface area contributed by atoms with Crippen molar-refractivity contribution in [1.82, 2.24) is 0 Å². The minimum atomic E-state index is -1.22. The number of benzene rings is 1. The van der Waals surface area contributed by atoms with Crippen LogP contribution in [0.15, 0.2) is 48.6 Å². The molecule has 0 spiro atoms. The largest absolute Gasteiger partial charge is 0.379 e. The Labute approximate surface area is 88.5 Å². The highest BCUT2D eigenvalue weighted by Gasteiger charge is 2.03. The first kappa shape index (κ1) is 11.2. The number of carbonyl (C=O) groups is 1. The van der Waals surface area contributed by atoms with Gasteiger partial charge in [-0.25, -0.2) is 0 Å². The lowest BCUT2D eigenvalue weighted by molar-refractivity contribution is -0.123. The molecule has 1 rings (SSSR count). The molecule has 0 fully saturated rings. The number of rotatable bonds is 4. The first-order valence-electron chi connectivity index (χ1n) is 4.57. The highest BCUT2D eigenvalue weighted by Crippen LogP contribution is 2.00. The minimum absolute atomic E-state index is 0.751. The molecule has 0 bridgehead atoms. The van der Waals surface area contributed by atoms with Gasteiger partial charge in [-0.3, -0.25) is 4.79 Å². The van der Waals surface area contributed by atoms with Gasteiger partial charge < -0.3 is 10.8 Å². The zero-order valence-electron chi connectivity index (χ0n) is 8.21. The van der Waals surface area contributed by atoms with Crippen molar-refractivity contribution in [3.63, 3.8) is 0 Å². The zero-order valence-corrected chi connectivity index (χ0v) is 8.21. The Balaban J connectivity index is 2.50. The van der Waals surface area contributed by atoms with Gasteiger partial charge in [0.2, 0.25) is 5.91 Å². The Morgan fingerprint density at radius 3 is 2.53 bits per heavy atom.